The van der Waals surface area contributed by atoms with Gasteiger partial charge in [0.05, 0.1) is 5.69 Å². The molecule has 1 aliphatic carbocycles. The first-order chi connectivity index (χ1) is 9.39. The van der Waals surface area contributed by atoms with Crippen molar-refractivity contribution in [2.24, 2.45) is 11.1 Å². The van der Waals surface area contributed by atoms with Crippen LogP contribution >= 0.6 is 0 Å². The van der Waals surface area contributed by atoms with E-state index in [4.69, 9.17) is 5.73 Å². The van der Waals surface area contributed by atoms with Gasteiger partial charge in [0.2, 0.25) is 0 Å². The van der Waals surface area contributed by atoms with Gasteiger partial charge in [-0.3, -0.25) is 4.98 Å². The highest BCUT2D eigenvalue weighted by atomic mass is 15.0. The number of aromatic nitrogens is 2. The number of hydrogen-bond acceptors (Lipinski definition) is 2. The topological polar surface area (TPSA) is 43.8 Å². The zero-order valence-corrected chi connectivity index (χ0v) is 12.8. The molecule has 1 aliphatic rings. The molecule has 0 amide bonds. The lowest BCUT2D eigenvalue weighted by Crippen LogP contribution is -2.30. The number of nitrogens with two attached hydrogens (primary N) is 1. The monoisotopic (exact) mass is 269 g/mol. The Kier molecular flexibility index (Phi) is 2.98. The number of aryl methyl sites for hydroxylation is 2. The summed E-state index contributed by atoms with van der Waals surface area (Å²) >= 11 is 0. The lowest BCUT2D eigenvalue weighted by atomic mass is 9.74. The van der Waals surface area contributed by atoms with Crippen molar-refractivity contribution >= 4 is 0 Å². The first-order valence-electron chi connectivity index (χ1n) is 7.27. The van der Waals surface area contributed by atoms with E-state index in [1.54, 1.807) is 0 Å². The summed E-state index contributed by atoms with van der Waals surface area (Å²) in [5, 5.41) is 0. The summed E-state index contributed by atoms with van der Waals surface area (Å²) in [6.45, 7) is 8.89. The van der Waals surface area contributed by atoms with Crippen LogP contribution in [0.15, 0.2) is 24.5 Å². The van der Waals surface area contributed by atoms with Crippen LogP contribution in [0.3, 0.4) is 0 Å². The SMILES string of the molecule is Cc1cnccc1-n1c(C)cc2c1CC(C)(C)CC2N. The fourth-order valence-electron chi connectivity index (χ4n) is 3.50. The summed E-state index contributed by atoms with van der Waals surface area (Å²) in [6.07, 6.45) is 5.92. The van der Waals surface area contributed by atoms with Gasteiger partial charge in [0.25, 0.3) is 0 Å². The molecule has 0 saturated heterocycles. The van der Waals surface area contributed by atoms with Crippen molar-refractivity contribution in [1.82, 2.24) is 9.55 Å². The van der Waals surface area contributed by atoms with E-state index < -0.39 is 0 Å². The standard InChI is InChI=1S/C17H23N3/c1-11-10-19-6-5-15(11)20-12(2)7-13-14(18)8-17(3,4)9-16(13)20/h5-7,10,14H,8-9,18H2,1-4H3. The van der Waals surface area contributed by atoms with E-state index in [1.807, 2.05) is 12.4 Å². The van der Waals surface area contributed by atoms with Crippen molar-refractivity contribution in [1.29, 1.82) is 0 Å². The van der Waals surface area contributed by atoms with E-state index >= 15 is 0 Å². The Morgan fingerprint density at radius 2 is 2.10 bits per heavy atom. The molecule has 3 rings (SSSR count). The molecule has 2 aromatic rings. The molecule has 0 saturated carbocycles. The van der Waals surface area contributed by atoms with Crippen LogP contribution < -0.4 is 5.73 Å². The Labute approximate surface area is 120 Å². The van der Waals surface area contributed by atoms with Crippen molar-refractivity contribution in [3.05, 3.63) is 47.0 Å². The summed E-state index contributed by atoms with van der Waals surface area (Å²) in [4.78, 5) is 4.20. The molecule has 0 radical (unpaired) electrons. The molecule has 3 nitrogen and oxygen atoms in total. The van der Waals surface area contributed by atoms with Gasteiger partial charge < -0.3 is 10.3 Å². The maximum absolute atomic E-state index is 6.39. The van der Waals surface area contributed by atoms with Gasteiger partial charge in [0.1, 0.15) is 0 Å². The van der Waals surface area contributed by atoms with Gasteiger partial charge >= 0.3 is 0 Å². The van der Waals surface area contributed by atoms with Gasteiger partial charge in [-0.1, -0.05) is 13.8 Å². The molecular formula is C17H23N3. The van der Waals surface area contributed by atoms with E-state index in [9.17, 15) is 0 Å². The van der Waals surface area contributed by atoms with Crippen LogP contribution in [-0.4, -0.2) is 9.55 Å². The summed E-state index contributed by atoms with van der Waals surface area (Å²) in [6, 6.07) is 4.50. The molecule has 2 N–H and O–H groups in total. The highest BCUT2D eigenvalue weighted by Crippen LogP contribution is 2.42. The predicted molar refractivity (Wildman–Crippen MR) is 82.1 cm³/mol. The minimum absolute atomic E-state index is 0.149. The Bertz CT molecular complexity index is 652. The normalized spacial score (nSPS) is 20.8. The van der Waals surface area contributed by atoms with Gasteiger partial charge in [-0.25, -0.2) is 0 Å². The highest BCUT2D eigenvalue weighted by molar-refractivity contribution is 5.47. The summed E-state index contributed by atoms with van der Waals surface area (Å²) in [5.41, 5.74) is 13.0. The fraction of sp³-hybridized carbons (Fsp3) is 0.471. The van der Waals surface area contributed by atoms with Crippen LogP contribution in [0.25, 0.3) is 5.69 Å². The third-order valence-electron chi connectivity index (χ3n) is 4.37. The fourth-order valence-corrected chi connectivity index (χ4v) is 3.50. The molecule has 0 fully saturated rings. The molecule has 0 aliphatic heterocycles. The highest BCUT2D eigenvalue weighted by Gasteiger charge is 2.33. The minimum atomic E-state index is 0.149. The number of pyridine rings is 1. The molecule has 3 heteroatoms. The smallest absolute Gasteiger partial charge is 0.0515 e. The van der Waals surface area contributed by atoms with Gasteiger partial charge in [-0.2, -0.15) is 0 Å². The largest absolute Gasteiger partial charge is 0.324 e. The van der Waals surface area contributed by atoms with Crippen LogP contribution in [0.4, 0.5) is 0 Å². The van der Waals surface area contributed by atoms with E-state index in [0.717, 1.165) is 12.8 Å². The Morgan fingerprint density at radius 1 is 1.35 bits per heavy atom. The van der Waals surface area contributed by atoms with E-state index in [1.165, 1.54) is 28.2 Å². The molecule has 20 heavy (non-hydrogen) atoms. The van der Waals surface area contributed by atoms with Crippen LogP contribution in [0.1, 0.15) is 48.8 Å². The zero-order chi connectivity index (χ0) is 14.5. The average molecular weight is 269 g/mol. The van der Waals surface area contributed by atoms with Crippen molar-refractivity contribution < 1.29 is 0 Å². The summed E-state index contributed by atoms with van der Waals surface area (Å²) < 4.78 is 2.37. The van der Waals surface area contributed by atoms with Gasteiger partial charge in [-0.05, 0) is 55.4 Å². The van der Waals surface area contributed by atoms with Gasteiger partial charge in [0.15, 0.2) is 0 Å². The van der Waals surface area contributed by atoms with E-state index in [-0.39, 0.29) is 11.5 Å². The molecule has 1 atom stereocenters. The minimum Gasteiger partial charge on any atom is -0.324 e. The quantitative estimate of drug-likeness (QED) is 0.861. The Balaban J connectivity index is 2.22. The third kappa shape index (κ3) is 2.06. The van der Waals surface area contributed by atoms with Crippen LogP contribution in [0, 0.1) is 19.3 Å². The molecular weight excluding hydrogens is 246 g/mol. The number of fused-ring (bicyclic) bond motifs is 1. The van der Waals surface area contributed by atoms with Crippen molar-refractivity contribution in [3.63, 3.8) is 0 Å². The summed E-state index contributed by atoms with van der Waals surface area (Å²) in [5.74, 6) is 0. The number of nitrogens with zero attached hydrogens (tertiary/aromatic N) is 2. The molecule has 2 heterocycles. The molecule has 106 valence electrons. The first-order valence-corrected chi connectivity index (χ1v) is 7.27. The van der Waals surface area contributed by atoms with E-state index in [0.29, 0.717) is 0 Å². The lowest BCUT2D eigenvalue weighted by Gasteiger charge is -2.34. The van der Waals surface area contributed by atoms with Crippen molar-refractivity contribution in [2.75, 3.05) is 0 Å². The van der Waals surface area contributed by atoms with Crippen molar-refractivity contribution in [3.8, 4) is 5.69 Å². The van der Waals surface area contributed by atoms with Crippen molar-refractivity contribution in [2.45, 2.75) is 46.6 Å². The third-order valence-corrected chi connectivity index (χ3v) is 4.37. The first kappa shape index (κ1) is 13.4. The lowest BCUT2D eigenvalue weighted by molar-refractivity contribution is 0.278. The van der Waals surface area contributed by atoms with Gasteiger partial charge in [-0.15, -0.1) is 0 Å². The van der Waals surface area contributed by atoms with Gasteiger partial charge in [0, 0.05) is 29.8 Å². The molecule has 2 aromatic heterocycles. The predicted octanol–water partition coefficient (Wildman–Crippen LogP) is 3.46. The van der Waals surface area contributed by atoms with Crippen LogP contribution in [0.5, 0.6) is 0 Å². The van der Waals surface area contributed by atoms with Crippen LogP contribution in [0.2, 0.25) is 0 Å². The molecule has 0 bridgehead atoms. The zero-order valence-electron chi connectivity index (χ0n) is 12.8. The Hall–Kier alpha value is -1.61. The summed E-state index contributed by atoms with van der Waals surface area (Å²) in [7, 11) is 0. The van der Waals surface area contributed by atoms with Crippen LogP contribution in [-0.2, 0) is 6.42 Å². The number of hydrogen-bond donors (Lipinski definition) is 1. The Morgan fingerprint density at radius 3 is 2.80 bits per heavy atom. The molecule has 1 unspecified atom stereocenters. The molecule has 0 aromatic carbocycles. The van der Waals surface area contributed by atoms with E-state index in [2.05, 4.69) is 49.4 Å². The second-order valence-electron chi connectivity index (χ2n) is 6.84. The maximum atomic E-state index is 6.39. The second-order valence-corrected chi connectivity index (χ2v) is 6.84. The molecule has 0 spiro atoms. The average Bonchev–Trinajstić information content (AvgIpc) is 2.66. The second kappa shape index (κ2) is 4.45. The maximum Gasteiger partial charge on any atom is 0.0515 e. The number of rotatable bonds is 1.